The molecule has 32 heavy (non-hydrogen) atoms. The van der Waals surface area contributed by atoms with Gasteiger partial charge in [0, 0.05) is 20.1 Å². The summed E-state index contributed by atoms with van der Waals surface area (Å²) in [6, 6.07) is 9.26. The molecule has 0 aliphatic carbocycles. The molecule has 168 valence electrons. The van der Waals surface area contributed by atoms with E-state index in [2.05, 4.69) is 23.3 Å². The van der Waals surface area contributed by atoms with Crippen molar-refractivity contribution in [1.29, 1.82) is 5.26 Å². The van der Waals surface area contributed by atoms with Crippen molar-refractivity contribution in [3.63, 3.8) is 0 Å². The third-order valence-corrected chi connectivity index (χ3v) is 5.74. The van der Waals surface area contributed by atoms with E-state index >= 15 is 0 Å². The van der Waals surface area contributed by atoms with Crippen LogP contribution in [0, 0.1) is 18.3 Å². The SMILES string of the molecule is C=CCN(CC(=O)Nc1sc(C(=O)NC)c(C)c1C(=O)OCC)Cc1cccc(C#N)c1. The Balaban J connectivity index is 2.23. The number of hydrogen-bond acceptors (Lipinski definition) is 7. The molecular weight excluding hydrogens is 428 g/mol. The van der Waals surface area contributed by atoms with Crippen LogP contribution < -0.4 is 10.6 Å². The predicted octanol–water partition coefficient (Wildman–Crippen LogP) is 3.09. The molecule has 0 aliphatic heterocycles. The predicted molar refractivity (Wildman–Crippen MR) is 124 cm³/mol. The lowest BCUT2D eigenvalue weighted by molar-refractivity contribution is -0.117. The lowest BCUT2D eigenvalue weighted by atomic mass is 10.1. The molecule has 0 atom stereocenters. The van der Waals surface area contributed by atoms with E-state index in [0.717, 1.165) is 16.9 Å². The summed E-state index contributed by atoms with van der Waals surface area (Å²) in [5, 5.41) is 14.7. The van der Waals surface area contributed by atoms with E-state index in [1.807, 2.05) is 11.0 Å². The fourth-order valence-electron chi connectivity index (χ4n) is 3.11. The number of thiophene rings is 1. The number of rotatable bonds is 10. The van der Waals surface area contributed by atoms with Crippen molar-refractivity contribution in [3.8, 4) is 6.07 Å². The molecule has 0 unspecified atom stereocenters. The van der Waals surface area contributed by atoms with Crippen molar-refractivity contribution in [2.24, 2.45) is 0 Å². The third-order valence-electron chi connectivity index (χ3n) is 4.53. The highest BCUT2D eigenvalue weighted by Crippen LogP contribution is 2.33. The molecule has 0 bridgehead atoms. The lowest BCUT2D eigenvalue weighted by Gasteiger charge is -2.20. The van der Waals surface area contributed by atoms with E-state index in [9.17, 15) is 14.4 Å². The first-order chi connectivity index (χ1) is 15.3. The number of anilines is 1. The number of amides is 2. The normalized spacial score (nSPS) is 10.3. The summed E-state index contributed by atoms with van der Waals surface area (Å²) in [5.41, 5.74) is 2.07. The Morgan fingerprint density at radius 1 is 1.34 bits per heavy atom. The van der Waals surface area contributed by atoms with Crippen LogP contribution in [0.2, 0.25) is 0 Å². The van der Waals surface area contributed by atoms with Crippen LogP contribution >= 0.6 is 11.3 Å². The van der Waals surface area contributed by atoms with Gasteiger partial charge in [0.2, 0.25) is 5.91 Å². The van der Waals surface area contributed by atoms with Crippen LogP contribution in [0.25, 0.3) is 0 Å². The molecular formula is C23H26N4O4S. The summed E-state index contributed by atoms with van der Waals surface area (Å²) >= 11 is 1.03. The van der Waals surface area contributed by atoms with Gasteiger partial charge in [-0.3, -0.25) is 14.5 Å². The van der Waals surface area contributed by atoms with Gasteiger partial charge in [0.25, 0.3) is 5.91 Å². The van der Waals surface area contributed by atoms with Crippen molar-refractivity contribution in [2.75, 3.05) is 32.1 Å². The van der Waals surface area contributed by atoms with Crippen LogP contribution in [-0.4, -0.2) is 49.4 Å². The molecule has 2 rings (SSSR count). The van der Waals surface area contributed by atoms with Gasteiger partial charge in [-0.1, -0.05) is 18.2 Å². The highest BCUT2D eigenvalue weighted by Gasteiger charge is 2.26. The first-order valence-electron chi connectivity index (χ1n) is 9.99. The minimum Gasteiger partial charge on any atom is -0.462 e. The van der Waals surface area contributed by atoms with E-state index in [1.54, 1.807) is 38.1 Å². The molecule has 0 saturated heterocycles. The smallest absolute Gasteiger partial charge is 0.341 e. The molecule has 0 radical (unpaired) electrons. The van der Waals surface area contributed by atoms with Gasteiger partial charge in [-0.05, 0) is 37.1 Å². The summed E-state index contributed by atoms with van der Waals surface area (Å²) < 4.78 is 5.11. The number of nitrogens with one attached hydrogen (secondary N) is 2. The lowest BCUT2D eigenvalue weighted by Crippen LogP contribution is -2.33. The first kappa shape index (κ1) is 24.8. The molecule has 2 amide bonds. The maximum absolute atomic E-state index is 12.8. The quantitative estimate of drug-likeness (QED) is 0.422. The van der Waals surface area contributed by atoms with Gasteiger partial charge in [0.15, 0.2) is 0 Å². The Morgan fingerprint density at radius 3 is 2.72 bits per heavy atom. The van der Waals surface area contributed by atoms with Gasteiger partial charge in [-0.25, -0.2) is 4.79 Å². The van der Waals surface area contributed by atoms with Crippen molar-refractivity contribution in [2.45, 2.75) is 20.4 Å². The molecule has 0 spiro atoms. The number of nitrogens with zero attached hydrogens (tertiary/aromatic N) is 2. The third kappa shape index (κ3) is 6.26. The van der Waals surface area contributed by atoms with Gasteiger partial charge in [-0.15, -0.1) is 17.9 Å². The molecule has 0 fully saturated rings. The number of benzene rings is 1. The van der Waals surface area contributed by atoms with E-state index in [-0.39, 0.29) is 35.5 Å². The van der Waals surface area contributed by atoms with E-state index in [4.69, 9.17) is 10.00 Å². The topological polar surface area (TPSA) is 112 Å². The Labute approximate surface area is 191 Å². The maximum atomic E-state index is 12.8. The van der Waals surface area contributed by atoms with Crippen LogP contribution in [0.1, 0.15) is 43.6 Å². The zero-order chi connectivity index (χ0) is 23.7. The zero-order valence-corrected chi connectivity index (χ0v) is 19.2. The second kappa shape index (κ2) is 11.8. The number of carbonyl (C=O) groups is 3. The van der Waals surface area contributed by atoms with Gasteiger partial charge in [-0.2, -0.15) is 5.26 Å². The monoisotopic (exact) mass is 454 g/mol. The highest BCUT2D eigenvalue weighted by molar-refractivity contribution is 7.18. The fraction of sp³-hybridized carbons (Fsp3) is 0.304. The average Bonchev–Trinajstić information content (AvgIpc) is 3.09. The van der Waals surface area contributed by atoms with Gasteiger partial charge >= 0.3 is 5.97 Å². The average molecular weight is 455 g/mol. The Morgan fingerprint density at radius 2 is 2.09 bits per heavy atom. The summed E-state index contributed by atoms with van der Waals surface area (Å²) in [6.07, 6.45) is 1.68. The van der Waals surface area contributed by atoms with Crippen molar-refractivity contribution >= 4 is 34.1 Å². The molecule has 1 aromatic heterocycles. The Hall–Kier alpha value is -3.48. The maximum Gasteiger partial charge on any atom is 0.341 e. The second-order valence-electron chi connectivity index (χ2n) is 6.88. The van der Waals surface area contributed by atoms with Crippen LogP contribution in [0.5, 0.6) is 0 Å². The van der Waals surface area contributed by atoms with Crippen molar-refractivity contribution in [1.82, 2.24) is 10.2 Å². The van der Waals surface area contributed by atoms with E-state index in [1.165, 1.54) is 7.05 Å². The molecule has 2 aromatic rings. The first-order valence-corrected chi connectivity index (χ1v) is 10.8. The Bertz CT molecular complexity index is 1050. The minimum atomic E-state index is -0.594. The van der Waals surface area contributed by atoms with Gasteiger partial charge in [0.05, 0.1) is 35.2 Å². The fourth-order valence-corrected chi connectivity index (χ4v) is 4.27. The molecule has 0 aliphatic rings. The molecule has 2 N–H and O–H groups in total. The largest absolute Gasteiger partial charge is 0.462 e. The molecule has 0 saturated carbocycles. The molecule has 8 nitrogen and oxygen atoms in total. The summed E-state index contributed by atoms with van der Waals surface area (Å²) in [4.78, 5) is 39.7. The van der Waals surface area contributed by atoms with Crippen molar-refractivity contribution < 1.29 is 19.1 Å². The van der Waals surface area contributed by atoms with Crippen LogP contribution in [0.3, 0.4) is 0 Å². The number of carbonyl (C=O) groups excluding carboxylic acids is 3. The molecule has 9 heteroatoms. The van der Waals surface area contributed by atoms with E-state index < -0.39 is 5.97 Å². The summed E-state index contributed by atoms with van der Waals surface area (Å²) in [7, 11) is 1.50. The summed E-state index contributed by atoms with van der Waals surface area (Å²) in [6.45, 7) is 8.15. The van der Waals surface area contributed by atoms with Crippen molar-refractivity contribution in [3.05, 3.63) is 64.1 Å². The van der Waals surface area contributed by atoms with E-state index in [0.29, 0.717) is 29.1 Å². The van der Waals surface area contributed by atoms with Gasteiger partial charge in [0.1, 0.15) is 5.00 Å². The number of ether oxygens (including phenoxy) is 1. The standard InChI is InChI=1S/C23H26N4O4S/c1-5-10-27(13-17-9-7-8-16(11-17)12-24)14-18(28)26-22-19(23(30)31-6-2)15(3)20(32-22)21(29)25-4/h5,7-9,11H,1,6,10,13-14H2,2-4H3,(H,25,29)(H,26,28). The second-order valence-corrected chi connectivity index (χ2v) is 7.90. The summed E-state index contributed by atoms with van der Waals surface area (Å²) in [5.74, 6) is -1.29. The minimum absolute atomic E-state index is 0.0251. The molecule has 1 aromatic carbocycles. The van der Waals surface area contributed by atoms with Crippen LogP contribution in [0.15, 0.2) is 36.9 Å². The van der Waals surface area contributed by atoms with Gasteiger partial charge < -0.3 is 15.4 Å². The number of nitriles is 1. The van der Waals surface area contributed by atoms with Crippen LogP contribution in [-0.2, 0) is 16.1 Å². The van der Waals surface area contributed by atoms with Crippen LogP contribution in [0.4, 0.5) is 5.00 Å². The Kier molecular flexibility index (Phi) is 9.13. The highest BCUT2D eigenvalue weighted by atomic mass is 32.1. The number of esters is 1. The zero-order valence-electron chi connectivity index (χ0n) is 18.4. The number of hydrogen-bond donors (Lipinski definition) is 2. The molecule has 1 heterocycles.